The lowest BCUT2D eigenvalue weighted by Gasteiger charge is -2.60. The molecule has 2 saturated carbocycles. The second kappa shape index (κ2) is 6.90. The zero-order chi connectivity index (χ0) is 19.0. The zero-order valence-electron chi connectivity index (χ0n) is 16.7. The summed E-state index contributed by atoms with van der Waals surface area (Å²) in [7, 11) is 0. The number of esters is 1. The van der Waals surface area contributed by atoms with E-state index in [9.17, 15) is 9.90 Å². The number of rotatable bonds is 5. The van der Waals surface area contributed by atoms with Gasteiger partial charge in [0, 0.05) is 12.3 Å². The molecule has 142 valence electrons. The summed E-state index contributed by atoms with van der Waals surface area (Å²) in [5.74, 6) is 0.706. The van der Waals surface area contributed by atoms with Gasteiger partial charge in [0.25, 0.3) is 0 Å². The summed E-state index contributed by atoms with van der Waals surface area (Å²) in [5.41, 5.74) is 0.597. The minimum atomic E-state index is -0.825. The van der Waals surface area contributed by atoms with Gasteiger partial charge in [0.05, 0.1) is 5.60 Å². The molecule has 2 aliphatic carbocycles. The summed E-state index contributed by atoms with van der Waals surface area (Å²) in [4.78, 5) is 11.5. The first-order valence-electron chi connectivity index (χ1n) is 9.65. The molecule has 5 atom stereocenters. The SMILES string of the molecule is C=CC(C)(O)CCC1C(=C)CCC2C(C)(C)C(OC(C)=O)CCC12C. The predicted molar refractivity (Wildman–Crippen MR) is 102 cm³/mol. The molecule has 0 heterocycles. The van der Waals surface area contributed by atoms with Gasteiger partial charge in [-0.05, 0) is 62.7 Å². The highest BCUT2D eigenvalue weighted by molar-refractivity contribution is 5.66. The van der Waals surface area contributed by atoms with Gasteiger partial charge in [0.2, 0.25) is 0 Å². The van der Waals surface area contributed by atoms with Crippen LogP contribution >= 0.6 is 0 Å². The van der Waals surface area contributed by atoms with E-state index in [0.717, 1.165) is 32.1 Å². The number of fused-ring (bicyclic) bond motifs is 1. The van der Waals surface area contributed by atoms with Crippen molar-refractivity contribution in [2.75, 3.05) is 0 Å². The van der Waals surface area contributed by atoms with Crippen LogP contribution in [0.25, 0.3) is 0 Å². The van der Waals surface area contributed by atoms with Crippen molar-refractivity contribution in [3.63, 3.8) is 0 Å². The van der Waals surface area contributed by atoms with E-state index in [4.69, 9.17) is 4.74 Å². The number of carbonyl (C=O) groups excluding carboxylic acids is 1. The van der Waals surface area contributed by atoms with Gasteiger partial charge in [-0.2, -0.15) is 0 Å². The van der Waals surface area contributed by atoms with Crippen molar-refractivity contribution >= 4 is 5.97 Å². The van der Waals surface area contributed by atoms with E-state index in [1.54, 1.807) is 6.08 Å². The average Bonchev–Trinajstić information content (AvgIpc) is 2.49. The Morgan fingerprint density at radius 1 is 1.40 bits per heavy atom. The lowest BCUT2D eigenvalue weighted by atomic mass is 9.46. The monoisotopic (exact) mass is 348 g/mol. The van der Waals surface area contributed by atoms with Gasteiger partial charge >= 0.3 is 5.97 Å². The van der Waals surface area contributed by atoms with Gasteiger partial charge in [0.15, 0.2) is 0 Å². The van der Waals surface area contributed by atoms with Crippen LogP contribution in [-0.2, 0) is 9.53 Å². The van der Waals surface area contributed by atoms with Crippen LogP contribution in [0.15, 0.2) is 24.8 Å². The van der Waals surface area contributed by atoms with Gasteiger partial charge in [-0.15, -0.1) is 6.58 Å². The van der Waals surface area contributed by atoms with E-state index in [-0.39, 0.29) is 22.9 Å². The van der Waals surface area contributed by atoms with Crippen LogP contribution in [0.1, 0.15) is 73.1 Å². The highest BCUT2D eigenvalue weighted by atomic mass is 16.5. The average molecular weight is 349 g/mol. The molecular formula is C22H36O3. The zero-order valence-corrected chi connectivity index (χ0v) is 16.7. The molecule has 0 aromatic rings. The molecule has 0 spiro atoms. The first kappa shape index (κ1) is 20.2. The minimum Gasteiger partial charge on any atom is -0.462 e. The first-order chi connectivity index (χ1) is 11.4. The molecule has 0 aromatic carbocycles. The lowest BCUT2D eigenvalue weighted by Crippen LogP contribution is -2.55. The van der Waals surface area contributed by atoms with Gasteiger partial charge in [-0.25, -0.2) is 0 Å². The molecule has 3 heteroatoms. The highest BCUT2D eigenvalue weighted by Crippen LogP contribution is 2.62. The molecule has 25 heavy (non-hydrogen) atoms. The maximum atomic E-state index is 11.5. The largest absolute Gasteiger partial charge is 0.462 e. The summed E-state index contributed by atoms with van der Waals surface area (Å²) in [6.45, 7) is 18.4. The van der Waals surface area contributed by atoms with Crippen molar-refractivity contribution in [3.05, 3.63) is 24.8 Å². The van der Waals surface area contributed by atoms with Gasteiger partial charge in [-0.3, -0.25) is 4.79 Å². The minimum absolute atomic E-state index is 0.00799. The van der Waals surface area contributed by atoms with E-state index in [2.05, 4.69) is 33.9 Å². The van der Waals surface area contributed by atoms with Crippen LogP contribution in [0, 0.1) is 22.7 Å². The topological polar surface area (TPSA) is 46.5 Å². The quantitative estimate of drug-likeness (QED) is 0.559. The van der Waals surface area contributed by atoms with E-state index in [1.807, 2.05) is 6.92 Å². The number of ether oxygens (including phenoxy) is 1. The third-order valence-electron chi connectivity index (χ3n) is 7.20. The fraction of sp³-hybridized carbons (Fsp3) is 0.773. The van der Waals surface area contributed by atoms with Crippen LogP contribution < -0.4 is 0 Å². The van der Waals surface area contributed by atoms with Crippen LogP contribution in [0.5, 0.6) is 0 Å². The van der Waals surface area contributed by atoms with E-state index >= 15 is 0 Å². The van der Waals surface area contributed by atoms with E-state index in [0.29, 0.717) is 18.3 Å². The molecule has 0 bridgehead atoms. The molecular weight excluding hydrogens is 312 g/mol. The molecule has 2 rings (SSSR count). The van der Waals surface area contributed by atoms with Crippen molar-refractivity contribution in [3.8, 4) is 0 Å². The maximum Gasteiger partial charge on any atom is 0.302 e. The molecule has 2 fully saturated rings. The summed E-state index contributed by atoms with van der Waals surface area (Å²) in [6, 6.07) is 0. The lowest BCUT2D eigenvalue weighted by molar-refractivity contribution is -0.174. The van der Waals surface area contributed by atoms with Gasteiger partial charge < -0.3 is 9.84 Å². The molecule has 0 radical (unpaired) electrons. The second-order valence-electron chi connectivity index (χ2n) is 9.37. The van der Waals surface area contributed by atoms with Gasteiger partial charge in [-0.1, -0.05) is 39.0 Å². The normalized spacial score (nSPS) is 36.9. The number of hydrogen-bond donors (Lipinski definition) is 1. The Morgan fingerprint density at radius 3 is 2.60 bits per heavy atom. The van der Waals surface area contributed by atoms with Crippen molar-refractivity contribution in [1.29, 1.82) is 0 Å². The Balaban J connectivity index is 2.26. The summed E-state index contributed by atoms with van der Waals surface area (Å²) >= 11 is 0. The molecule has 0 aromatic heterocycles. The third kappa shape index (κ3) is 3.86. The van der Waals surface area contributed by atoms with E-state index < -0.39 is 5.60 Å². The highest BCUT2D eigenvalue weighted by Gasteiger charge is 2.57. The van der Waals surface area contributed by atoms with Crippen molar-refractivity contribution in [2.45, 2.75) is 84.8 Å². The Labute approximate surface area is 153 Å². The number of aliphatic hydroxyl groups is 1. The van der Waals surface area contributed by atoms with Crippen LogP contribution in [0.4, 0.5) is 0 Å². The summed E-state index contributed by atoms with van der Waals surface area (Å²) in [5, 5.41) is 10.4. The third-order valence-corrected chi connectivity index (χ3v) is 7.20. The molecule has 3 nitrogen and oxygen atoms in total. The summed E-state index contributed by atoms with van der Waals surface area (Å²) < 4.78 is 5.68. The number of carbonyl (C=O) groups is 1. The first-order valence-corrected chi connectivity index (χ1v) is 9.65. The van der Waals surface area contributed by atoms with Crippen molar-refractivity contribution < 1.29 is 14.6 Å². The summed E-state index contributed by atoms with van der Waals surface area (Å²) in [6.07, 6.45) is 7.34. The predicted octanol–water partition coefficient (Wildman–Crippen LogP) is 5.04. The Morgan fingerprint density at radius 2 is 2.04 bits per heavy atom. The van der Waals surface area contributed by atoms with Crippen molar-refractivity contribution in [2.24, 2.45) is 22.7 Å². The molecule has 0 amide bonds. The number of hydrogen-bond acceptors (Lipinski definition) is 3. The molecule has 0 saturated heterocycles. The van der Waals surface area contributed by atoms with Crippen LogP contribution in [-0.4, -0.2) is 22.8 Å². The van der Waals surface area contributed by atoms with Gasteiger partial charge in [0.1, 0.15) is 6.10 Å². The van der Waals surface area contributed by atoms with Crippen molar-refractivity contribution in [1.82, 2.24) is 0 Å². The standard InChI is InChI=1S/C22H36O3/c1-8-21(6,24)13-11-17-15(2)9-10-18-20(4,5)19(25-16(3)23)12-14-22(17,18)7/h8,17-19,24H,1-2,9-14H2,3-7H3. The molecule has 2 aliphatic rings. The Bertz CT molecular complexity index is 545. The fourth-order valence-electron chi connectivity index (χ4n) is 5.64. The Hall–Kier alpha value is -1.09. The molecule has 5 unspecified atom stereocenters. The Kier molecular flexibility index (Phi) is 5.59. The fourth-order valence-corrected chi connectivity index (χ4v) is 5.64. The smallest absolute Gasteiger partial charge is 0.302 e. The van der Waals surface area contributed by atoms with Crippen LogP contribution in [0.2, 0.25) is 0 Å². The second-order valence-corrected chi connectivity index (χ2v) is 9.37. The number of allylic oxidation sites excluding steroid dienone is 1. The maximum absolute atomic E-state index is 11.5. The van der Waals surface area contributed by atoms with E-state index in [1.165, 1.54) is 12.5 Å². The van der Waals surface area contributed by atoms with Crippen LogP contribution in [0.3, 0.4) is 0 Å². The molecule has 1 N–H and O–H groups in total. The molecule has 0 aliphatic heterocycles.